The van der Waals surface area contributed by atoms with Gasteiger partial charge in [0.15, 0.2) is 0 Å². The first-order valence-corrected chi connectivity index (χ1v) is 5.25. The van der Waals surface area contributed by atoms with E-state index in [0.717, 1.165) is 11.2 Å². The highest BCUT2D eigenvalue weighted by molar-refractivity contribution is 9.09. The van der Waals surface area contributed by atoms with Gasteiger partial charge in [-0.1, -0.05) is 39.7 Å². The fourth-order valence-electron chi connectivity index (χ4n) is 1.45. The van der Waals surface area contributed by atoms with Crippen molar-refractivity contribution in [3.63, 3.8) is 0 Å². The Morgan fingerprint density at radius 1 is 1.82 bits per heavy atom. The van der Waals surface area contributed by atoms with Crippen LogP contribution in [-0.4, -0.2) is 5.33 Å². The number of alkyl halides is 1. The summed E-state index contributed by atoms with van der Waals surface area (Å²) in [7, 11) is 0. The lowest BCUT2D eigenvalue weighted by Gasteiger charge is -2.21. The average Bonchev–Trinajstić information content (AvgIpc) is 2.05. The average molecular weight is 215 g/mol. The fraction of sp³-hybridized carbons (Fsp3) is 0.600. The van der Waals surface area contributed by atoms with Gasteiger partial charge in [0, 0.05) is 5.33 Å². The fourth-order valence-corrected chi connectivity index (χ4v) is 1.90. The van der Waals surface area contributed by atoms with E-state index < -0.39 is 0 Å². The molecule has 1 aliphatic rings. The van der Waals surface area contributed by atoms with Crippen LogP contribution in [0, 0.1) is 5.92 Å². The molecule has 1 rings (SSSR count). The van der Waals surface area contributed by atoms with Crippen molar-refractivity contribution in [1.29, 1.82) is 0 Å². The Labute approximate surface area is 77.5 Å². The topological polar surface area (TPSA) is 0 Å². The zero-order valence-corrected chi connectivity index (χ0v) is 8.65. The lowest BCUT2D eigenvalue weighted by Crippen LogP contribution is -2.07. The zero-order chi connectivity index (χ0) is 8.27. The van der Waals surface area contributed by atoms with Gasteiger partial charge in [-0.3, -0.25) is 0 Å². The molecule has 62 valence electrons. The van der Waals surface area contributed by atoms with Crippen molar-refractivity contribution in [2.75, 3.05) is 5.33 Å². The molecule has 0 fully saturated rings. The molecule has 1 aliphatic carbocycles. The van der Waals surface area contributed by atoms with Crippen LogP contribution in [0.3, 0.4) is 0 Å². The Balaban J connectivity index is 2.47. The van der Waals surface area contributed by atoms with Crippen molar-refractivity contribution in [3.8, 4) is 0 Å². The van der Waals surface area contributed by atoms with E-state index in [4.69, 9.17) is 0 Å². The van der Waals surface area contributed by atoms with Crippen LogP contribution in [0.2, 0.25) is 0 Å². The lowest BCUT2D eigenvalue weighted by atomic mass is 9.86. The van der Waals surface area contributed by atoms with Crippen LogP contribution in [0.15, 0.2) is 23.8 Å². The molecule has 0 aliphatic heterocycles. The van der Waals surface area contributed by atoms with Gasteiger partial charge in [0.05, 0.1) is 0 Å². The SMILES string of the molecule is C=C(CBr)C1CC=C(C)CC1. The van der Waals surface area contributed by atoms with Gasteiger partial charge in [-0.25, -0.2) is 0 Å². The van der Waals surface area contributed by atoms with Crippen LogP contribution in [0.4, 0.5) is 0 Å². The highest BCUT2D eigenvalue weighted by atomic mass is 79.9. The third kappa shape index (κ3) is 2.48. The van der Waals surface area contributed by atoms with Crippen molar-refractivity contribution in [1.82, 2.24) is 0 Å². The maximum Gasteiger partial charge on any atom is 0.0242 e. The van der Waals surface area contributed by atoms with Gasteiger partial charge in [0.2, 0.25) is 0 Å². The lowest BCUT2D eigenvalue weighted by molar-refractivity contribution is 0.542. The molecule has 0 bridgehead atoms. The summed E-state index contributed by atoms with van der Waals surface area (Å²) in [4.78, 5) is 0. The largest absolute Gasteiger partial charge is 0.0987 e. The standard InChI is InChI=1S/C10H15Br/c1-8-3-5-10(6-4-8)9(2)7-11/h3,10H,2,4-7H2,1H3. The smallest absolute Gasteiger partial charge is 0.0242 e. The predicted molar refractivity (Wildman–Crippen MR) is 54.0 cm³/mol. The van der Waals surface area contributed by atoms with E-state index in [1.807, 2.05) is 0 Å². The quantitative estimate of drug-likeness (QED) is 0.486. The van der Waals surface area contributed by atoms with Crippen molar-refractivity contribution in [3.05, 3.63) is 23.8 Å². The molecule has 0 amide bonds. The molecular formula is C10H15Br. The molecule has 0 aromatic rings. The third-order valence-corrected chi connectivity index (χ3v) is 3.11. The highest BCUT2D eigenvalue weighted by Gasteiger charge is 2.14. The van der Waals surface area contributed by atoms with Gasteiger partial charge in [0.1, 0.15) is 0 Å². The van der Waals surface area contributed by atoms with Gasteiger partial charge >= 0.3 is 0 Å². The Kier molecular flexibility index (Phi) is 3.38. The van der Waals surface area contributed by atoms with Crippen LogP contribution in [-0.2, 0) is 0 Å². The van der Waals surface area contributed by atoms with Crippen LogP contribution in [0.25, 0.3) is 0 Å². The van der Waals surface area contributed by atoms with E-state index in [-0.39, 0.29) is 0 Å². The molecule has 0 saturated carbocycles. The van der Waals surface area contributed by atoms with Crippen molar-refractivity contribution in [2.45, 2.75) is 26.2 Å². The Morgan fingerprint density at radius 3 is 3.00 bits per heavy atom. The van der Waals surface area contributed by atoms with Crippen molar-refractivity contribution < 1.29 is 0 Å². The van der Waals surface area contributed by atoms with E-state index in [2.05, 4.69) is 35.5 Å². The number of hydrogen-bond donors (Lipinski definition) is 0. The minimum Gasteiger partial charge on any atom is -0.0987 e. The molecule has 0 saturated heterocycles. The first-order chi connectivity index (χ1) is 5.24. The minimum absolute atomic E-state index is 0.734. The molecule has 0 radical (unpaired) electrons. The van der Waals surface area contributed by atoms with E-state index in [9.17, 15) is 0 Å². The molecule has 0 nitrogen and oxygen atoms in total. The molecule has 0 heterocycles. The summed E-state index contributed by atoms with van der Waals surface area (Å²) in [6, 6.07) is 0. The van der Waals surface area contributed by atoms with Crippen LogP contribution < -0.4 is 0 Å². The molecule has 0 aromatic heterocycles. The molecule has 0 spiro atoms. The van der Waals surface area contributed by atoms with Gasteiger partial charge in [-0.2, -0.15) is 0 Å². The molecule has 0 N–H and O–H groups in total. The second-order valence-electron chi connectivity index (χ2n) is 3.31. The molecular weight excluding hydrogens is 200 g/mol. The van der Waals surface area contributed by atoms with E-state index in [0.29, 0.717) is 0 Å². The summed E-state index contributed by atoms with van der Waals surface area (Å²) < 4.78 is 0. The number of rotatable bonds is 2. The Bertz CT molecular complexity index is 179. The zero-order valence-electron chi connectivity index (χ0n) is 7.07. The minimum atomic E-state index is 0.734. The molecule has 1 unspecified atom stereocenters. The normalized spacial score (nSPS) is 24.5. The maximum absolute atomic E-state index is 4.05. The van der Waals surface area contributed by atoms with Crippen LogP contribution >= 0.6 is 15.9 Å². The maximum atomic E-state index is 4.05. The first-order valence-electron chi connectivity index (χ1n) is 4.13. The van der Waals surface area contributed by atoms with Crippen LogP contribution in [0.5, 0.6) is 0 Å². The van der Waals surface area contributed by atoms with Crippen molar-refractivity contribution >= 4 is 15.9 Å². The summed E-state index contributed by atoms with van der Waals surface area (Å²) in [5.41, 5.74) is 2.90. The van der Waals surface area contributed by atoms with Gasteiger partial charge in [-0.05, 0) is 32.1 Å². The number of halogens is 1. The number of hydrogen-bond acceptors (Lipinski definition) is 0. The Morgan fingerprint density at radius 2 is 2.55 bits per heavy atom. The third-order valence-electron chi connectivity index (χ3n) is 2.39. The van der Waals surface area contributed by atoms with Gasteiger partial charge in [0.25, 0.3) is 0 Å². The summed E-state index contributed by atoms with van der Waals surface area (Å²) >= 11 is 3.45. The molecule has 1 atom stereocenters. The molecule has 0 aromatic carbocycles. The van der Waals surface area contributed by atoms with E-state index >= 15 is 0 Å². The second kappa shape index (κ2) is 4.10. The van der Waals surface area contributed by atoms with Crippen LogP contribution in [0.1, 0.15) is 26.2 Å². The second-order valence-corrected chi connectivity index (χ2v) is 3.87. The molecule has 11 heavy (non-hydrogen) atoms. The predicted octanol–water partition coefficient (Wildman–Crippen LogP) is 3.68. The summed E-state index contributed by atoms with van der Waals surface area (Å²) in [5.74, 6) is 0.734. The monoisotopic (exact) mass is 214 g/mol. The first kappa shape index (κ1) is 9.05. The highest BCUT2D eigenvalue weighted by Crippen LogP contribution is 2.28. The molecule has 1 heteroatoms. The van der Waals surface area contributed by atoms with E-state index in [1.165, 1.54) is 24.8 Å². The number of allylic oxidation sites excluding steroid dienone is 3. The summed E-state index contributed by atoms with van der Waals surface area (Å²) in [6.07, 6.45) is 6.11. The summed E-state index contributed by atoms with van der Waals surface area (Å²) in [5, 5.41) is 0.963. The van der Waals surface area contributed by atoms with E-state index in [1.54, 1.807) is 5.57 Å². The van der Waals surface area contributed by atoms with Gasteiger partial charge in [-0.15, -0.1) is 0 Å². The van der Waals surface area contributed by atoms with Crippen molar-refractivity contribution in [2.24, 2.45) is 5.92 Å². The Hall–Kier alpha value is -0.0400. The van der Waals surface area contributed by atoms with Gasteiger partial charge < -0.3 is 0 Å². The summed E-state index contributed by atoms with van der Waals surface area (Å²) in [6.45, 7) is 6.26.